The van der Waals surface area contributed by atoms with Crippen LogP contribution >= 0.6 is 12.4 Å². The standard InChI is InChI=1S/C6H8N2O3.ClH/c1-2-10-5(9)4-3-11-6(7)8-4;/h3H,2H2,1H3,(H2,7,8);1H. The van der Waals surface area contributed by atoms with Crippen molar-refractivity contribution < 1.29 is 13.9 Å². The average molecular weight is 193 g/mol. The molecule has 0 saturated carbocycles. The number of rotatable bonds is 2. The highest BCUT2D eigenvalue weighted by Gasteiger charge is 2.10. The van der Waals surface area contributed by atoms with Crippen LogP contribution in [0.3, 0.4) is 0 Å². The Morgan fingerprint density at radius 3 is 2.92 bits per heavy atom. The Balaban J connectivity index is 0.00000121. The van der Waals surface area contributed by atoms with E-state index in [-0.39, 0.29) is 24.1 Å². The first-order chi connectivity index (χ1) is 5.24. The van der Waals surface area contributed by atoms with Crippen LogP contribution in [0, 0.1) is 0 Å². The number of ether oxygens (including phenoxy) is 1. The summed E-state index contributed by atoms with van der Waals surface area (Å²) in [5.74, 6) is -0.520. The molecule has 2 N–H and O–H groups in total. The SMILES string of the molecule is CCOC(=O)c1coc(N)n1.Cl. The van der Waals surface area contributed by atoms with Crippen molar-refractivity contribution in [1.29, 1.82) is 0 Å². The van der Waals surface area contributed by atoms with Gasteiger partial charge >= 0.3 is 5.97 Å². The van der Waals surface area contributed by atoms with E-state index in [9.17, 15) is 4.79 Å². The minimum absolute atomic E-state index is 0. The molecule has 0 bridgehead atoms. The molecule has 0 amide bonds. The van der Waals surface area contributed by atoms with Gasteiger partial charge in [-0.1, -0.05) is 0 Å². The maximum atomic E-state index is 10.9. The van der Waals surface area contributed by atoms with E-state index in [2.05, 4.69) is 14.1 Å². The monoisotopic (exact) mass is 192 g/mol. The number of esters is 1. The molecule has 0 aromatic carbocycles. The normalized spacial score (nSPS) is 8.75. The number of carbonyl (C=O) groups is 1. The summed E-state index contributed by atoms with van der Waals surface area (Å²) in [4.78, 5) is 14.4. The Morgan fingerprint density at radius 2 is 2.50 bits per heavy atom. The van der Waals surface area contributed by atoms with Crippen LogP contribution in [0.25, 0.3) is 0 Å². The van der Waals surface area contributed by atoms with Crippen LogP contribution in [0.1, 0.15) is 17.4 Å². The van der Waals surface area contributed by atoms with Gasteiger partial charge in [0.05, 0.1) is 6.61 Å². The van der Waals surface area contributed by atoms with E-state index >= 15 is 0 Å². The maximum absolute atomic E-state index is 10.9. The largest absolute Gasteiger partial charge is 0.461 e. The number of hydrogen-bond acceptors (Lipinski definition) is 5. The zero-order valence-corrected chi connectivity index (χ0v) is 7.26. The lowest BCUT2D eigenvalue weighted by molar-refractivity contribution is 0.0519. The molecule has 5 nitrogen and oxygen atoms in total. The molecule has 0 fully saturated rings. The van der Waals surface area contributed by atoms with Crippen molar-refractivity contribution in [2.75, 3.05) is 12.3 Å². The Labute approximate surface area is 75.3 Å². The minimum Gasteiger partial charge on any atom is -0.461 e. The van der Waals surface area contributed by atoms with Crippen molar-refractivity contribution >= 4 is 24.4 Å². The predicted molar refractivity (Wildman–Crippen MR) is 44.1 cm³/mol. The molecule has 1 rings (SSSR count). The number of hydrogen-bond donors (Lipinski definition) is 1. The molecule has 12 heavy (non-hydrogen) atoms. The third-order valence-electron chi connectivity index (χ3n) is 1.01. The van der Waals surface area contributed by atoms with Gasteiger partial charge in [0.15, 0.2) is 5.69 Å². The number of carbonyl (C=O) groups excluding carboxylic acids is 1. The fourth-order valence-corrected chi connectivity index (χ4v) is 0.586. The molecule has 0 atom stereocenters. The van der Waals surface area contributed by atoms with Crippen LogP contribution in [0.15, 0.2) is 10.7 Å². The third-order valence-corrected chi connectivity index (χ3v) is 1.01. The lowest BCUT2D eigenvalue weighted by Gasteiger charge is -1.94. The van der Waals surface area contributed by atoms with E-state index in [1.54, 1.807) is 6.92 Å². The second kappa shape index (κ2) is 4.61. The maximum Gasteiger partial charge on any atom is 0.360 e. The van der Waals surface area contributed by atoms with Crippen molar-refractivity contribution in [3.05, 3.63) is 12.0 Å². The zero-order chi connectivity index (χ0) is 8.27. The molecule has 1 heterocycles. The van der Waals surface area contributed by atoms with E-state index in [1.165, 1.54) is 0 Å². The van der Waals surface area contributed by atoms with Crippen molar-refractivity contribution in [2.45, 2.75) is 6.92 Å². The number of oxazole rings is 1. The van der Waals surface area contributed by atoms with Gasteiger partial charge in [-0.3, -0.25) is 0 Å². The molecule has 0 aliphatic rings. The van der Waals surface area contributed by atoms with Gasteiger partial charge in [-0.15, -0.1) is 12.4 Å². The summed E-state index contributed by atoms with van der Waals surface area (Å²) in [7, 11) is 0. The fraction of sp³-hybridized carbons (Fsp3) is 0.333. The summed E-state index contributed by atoms with van der Waals surface area (Å²) in [6.07, 6.45) is 1.16. The van der Waals surface area contributed by atoms with Crippen LogP contribution in [-0.2, 0) is 4.74 Å². The number of halogens is 1. The van der Waals surface area contributed by atoms with Gasteiger partial charge in [-0.2, -0.15) is 4.98 Å². The topological polar surface area (TPSA) is 78.3 Å². The van der Waals surface area contributed by atoms with Gasteiger partial charge in [0.1, 0.15) is 6.26 Å². The van der Waals surface area contributed by atoms with Crippen LogP contribution in [0.5, 0.6) is 0 Å². The molecule has 0 saturated heterocycles. The first-order valence-electron chi connectivity index (χ1n) is 3.12. The average Bonchev–Trinajstić information content (AvgIpc) is 2.36. The van der Waals surface area contributed by atoms with Crippen LogP contribution in [0.2, 0.25) is 0 Å². The Morgan fingerprint density at radius 1 is 1.83 bits per heavy atom. The van der Waals surface area contributed by atoms with Gasteiger partial charge in [0.2, 0.25) is 0 Å². The van der Waals surface area contributed by atoms with Gasteiger partial charge in [-0.25, -0.2) is 4.79 Å². The van der Waals surface area contributed by atoms with E-state index in [0.29, 0.717) is 6.61 Å². The first kappa shape index (κ1) is 10.8. The lowest BCUT2D eigenvalue weighted by atomic mass is 10.5. The molecule has 0 radical (unpaired) electrons. The lowest BCUT2D eigenvalue weighted by Crippen LogP contribution is -2.04. The van der Waals surface area contributed by atoms with Gasteiger partial charge in [-0.05, 0) is 6.92 Å². The number of nitrogens with zero attached hydrogens (tertiary/aromatic N) is 1. The Hall–Kier alpha value is -1.23. The predicted octanol–water partition coefficient (Wildman–Crippen LogP) is 0.855. The highest BCUT2D eigenvalue weighted by Crippen LogP contribution is 2.03. The summed E-state index contributed by atoms with van der Waals surface area (Å²) in [6, 6.07) is -0.0342. The van der Waals surface area contributed by atoms with E-state index in [0.717, 1.165) is 6.26 Å². The van der Waals surface area contributed by atoms with Gasteiger partial charge in [0.25, 0.3) is 6.01 Å². The summed E-state index contributed by atoms with van der Waals surface area (Å²) >= 11 is 0. The molecule has 0 unspecified atom stereocenters. The summed E-state index contributed by atoms with van der Waals surface area (Å²) in [6.45, 7) is 2.02. The van der Waals surface area contributed by atoms with Crippen LogP contribution < -0.4 is 5.73 Å². The van der Waals surface area contributed by atoms with Crippen molar-refractivity contribution in [3.8, 4) is 0 Å². The Kier molecular flexibility index (Phi) is 4.14. The third kappa shape index (κ3) is 2.43. The smallest absolute Gasteiger partial charge is 0.360 e. The molecule has 6 heteroatoms. The first-order valence-corrected chi connectivity index (χ1v) is 3.12. The molecule has 0 aliphatic heterocycles. The molecule has 68 valence electrons. The highest BCUT2D eigenvalue weighted by atomic mass is 35.5. The molecule has 1 aromatic rings. The van der Waals surface area contributed by atoms with Crippen molar-refractivity contribution in [2.24, 2.45) is 0 Å². The quantitative estimate of drug-likeness (QED) is 0.703. The number of aromatic nitrogens is 1. The van der Waals surface area contributed by atoms with Crippen molar-refractivity contribution in [3.63, 3.8) is 0 Å². The molecule has 0 spiro atoms. The number of anilines is 1. The van der Waals surface area contributed by atoms with Gasteiger partial charge < -0.3 is 14.9 Å². The van der Waals surface area contributed by atoms with E-state index in [4.69, 9.17) is 5.73 Å². The zero-order valence-electron chi connectivity index (χ0n) is 6.44. The Bertz CT molecular complexity index is 261. The second-order valence-corrected chi connectivity index (χ2v) is 1.79. The summed E-state index contributed by atoms with van der Waals surface area (Å²) in [5, 5.41) is 0. The molecule has 1 aromatic heterocycles. The molecule has 0 aliphatic carbocycles. The van der Waals surface area contributed by atoms with E-state index in [1.807, 2.05) is 0 Å². The summed E-state index contributed by atoms with van der Waals surface area (Å²) in [5.41, 5.74) is 5.23. The highest BCUT2D eigenvalue weighted by molar-refractivity contribution is 5.87. The summed E-state index contributed by atoms with van der Waals surface area (Å²) < 4.78 is 9.22. The van der Waals surface area contributed by atoms with Crippen LogP contribution in [0.4, 0.5) is 6.01 Å². The molecular formula is C6H9ClN2O3. The fourth-order valence-electron chi connectivity index (χ4n) is 0.586. The van der Waals surface area contributed by atoms with Crippen LogP contribution in [-0.4, -0.2) is 17.6 Å². The van der Waals surface area contributed by atoms with Gasteiger partial charge in [0, 0.05) is 0 Å². The minimum atomic E-state index is -0.520. The van der Waals surface area contributed by atoms with E-state index < -0.39 is 5.97 Å². The number of nitrogens with two attached hydrogens (primary N) is 1. The second-order valence-electron chi connectivity index (χ2n) is 1.79. The van der Waals surface area contributed by atoms with Crippen molar-refractivity contribution in [1.82, 2.24) is 4.98 Å². The molecular weight excluding hydrogens is 184 g/mol. The number of nitrogen functional groups attached to an aromatic ring is 1.